The quantitative estimate of drug-likeness (QED) is 0.528. The molecule has 0 bridgehead atoms. The molecule has 0 aliphatic heterocycles. The maximum atomic E-state index is 8.99. The Morgan fingerprint density at radius 3 is 2.79 bits per heavy atom. The molecular formula is C21H19N3O3S. The Hall–Kier alpha value is -3.03. The highest BCUT2D eigenvalue weighted by molar-refractivity contribution is 7.21. The van der Waals surface area contributed by atoms with Crippen molar-refractivity contribution >= 4 is 38.7 Å². The molecule has 0 amide bonds. The Labute approximate surface area is 166 Å². The van der Waals surface area contributed by atoms with Crippen molar-refractivity contribution in [3.8, 4) is 22.2 Å². The van der Waals surface area contributed by atoms with Crippen LogP contribution in [0.2, 0.25) is 0 Å². The lowest BCUT2D eigenvalue weighted by atomic mass is 10.1. The summed E-state index contributed by atoms with van der Waals surface area (Å²) < 4.78 is 11.8. The summed E-state index contributed by atoms with van der Waals surface area (Å²) in [4.78, 5) is 13.9. The zero-order chi connectivity index (χ0) is 19.7. The van der Waals surface area contributed by atoms with Crippen LogP contribution in [0.25, 0.3) is 37.9 Å². The second-order valence-electron chi connectivity index (χ2n) is 6.23. The fraction of sp³-hybridized carbons (Fsp3) is 0.190. The van der Waals surface area contributed by atoms with Gasteiger partial charge in [0.15, 0.2) is 0 Å². The molecule has 142 valence electrons. The van der Waals surface area contributed by atoms with E-state index in [1.807, 2.05) is 31.2 Å². The van der Waals surface area contributed by atoms with Gasteiger partial charge in [0, 0.05) is 5.56 Å². The fourth-order valence-electron chi connectivity index (χ4n) is 3.04. The fourth-order valence-corrected chi connectivity index (χ4v) is 4.12. The molecule has 0 atom stereocenters. The molecule has 0 aliphatic rings. The van der Waals surface area contributed by atoms with E-state index >= 15 is 0 Å². The van der Waals surface area contributed by atoms with Crippen LogP contribution in [0, 0.1) is 6.92 Å². The summed E-state index contributed by atoms with van der Waals surface area (Å²) in [6.07, 6.45) is 3.39. The van der Waals surface area contributed by atoms with Gasteiger partial charge in [0.25, 0.3) is 0 Å². The first-order valence-electron chi connectivity index (χ1n) is 8.75. The molecule has 4 rings (SSSR count). The van der Waals surface area contributed by atoms with Gasteiger partial charge in [-0.25, -0.2) is 15.0 Å². The Kier molecular flexibility index (Phi) is 4.93. The normalized spacial score (nSPS) is 11.1. The number of methoxy groups -OCH3 is 1. The highest BCUT2D eigenvalue weighted by atomic mass is 32.1. The molecule has 0 spiro atoms. The Morgan fingerprint density at radius 2 is 2.04 bits per heavy atom. The molecule has 0 fully saturated rings. The largest absolute Gasteiger partial charge is 0.491 e. The molecular weight excluding hydrogens is 374 g/mol. The number of nitrogens with zero attached hydrogens (tertiary/aromatic N) is 3. The van der Waals surface area contributed by atoms with Gasteiger partial charge >= 0.3 is 0 Å². The lowest BCUT2D eigenvalue weighted by Gasteiger charge is -2.06. The highest BCUT2D eigenvalue weighted by Gasteiger charge is 2.15. The number of fused-ring (bicyclic) bond motifs is 2. The number of aliphatic hydroxyl groups is 1. The molecule has 0 saturated heterocycles. The van der Waals surface area contributed by atoms with Gasteiger partial charge in [-0.2, -0.15) is 0 Å². The Morgan fingerprint density at radius 1 is 1.18 bits per heavy atom. The van der Waals surface area contributed by atoms with Gasteiger partial charge in [0.2, 0.25) is 5.88 Å². The number of hydrogen-bond donors (Lipinski definition) is 1. The molecule has 2 heterocycles. The molecule has 6 nitrogen and oxygen atoms in total. The van der Waals surface area contributed by atoms with Gasteiger partial charge < -0.3 is 14.6 Å². The van der Waals surface area contributed by atoms with Crippen LogP contribution < -0.4 is 9.47 Å². The van der Waals surface area contributed by atoms with E-state index in [2.05, 4.69) is 16.5 Å². The van der Waals surface area contributed by atoms with Gasteiger partial charge in [-0.3, -0.25) is 0 Å². The van der Waals surface area contributed by atoms with E-state index in [0.29, 0.717) is 5.88 Å². The Balaban J connectivity index is 1.90. The monoisotopic (exact) mass is 393 g/mol. The third-order valence-electron chi connectivity index (χ3n) is 4.34. The predicted molar refractivity (Wildman–Crippen MR) is 112 cm³/mol. The van der Waals surface area contributed by atoms with E-state index in [1.165, 1.54) is 0 Å². The van der Waals surface area contributed by atoms with Crippen molar-refractivity contribution in [2.45, 2.75) is 6.92 Å². The van der Waals surface area contributed by atoms with Crippen LogP contribution in [0.1, 0.15) is 11.1 Å². The van der Waals surface area contributed by atoms with E-state index in [-0.39, 0.29) is 13.2 Å². The molecule has 4 aromatic rings. The molecule has 0 radical (unpaired) electrons. The summed E-state index contributed by atoms with van der Waals surface area (Å²) in [5, 5.41) is 9.84. The first-order valence-corrected chi connectivity index (χ1v) is 9.57. The minimum absolute atomic E-state index is 0.0203. The summed E-state index contributed by atoms with van der Waals surface area (Å²) in [6.45, 7) is 6.12. The molecule has 1 N–H and O–H groups in total. The number of aromatic nitrogens is 3. The summed E-state index contributed by atoms with van der Waals surface area (Å²) >= 11 is 1.57. The van der Waals surface area contributed by atoms with E-state index in [9.17, 15) is 0 Å². The van der Waals surface area contributed by atoms with Gasteiger partial charge in [0.1, 0.15) is 17.4 Å². The van der Waals surface area contributed by atoms with Crippen molar-refractivity contribution in [1.82, 2.24) is 15.0 Å². The number of hydrogen-bond acceptors (Lipinski definition) is 7. The predicted octanol–water partition coefficient (Wildman–Crippen LogP) is 4.24. The standard InChI is InChI=1S/C21H19N3O3S/c1-4-13-8-15(20-16(9-13)23-18(26-3)11-22-20)21-24-19-12(2)7-14(27-6-5-25)10-17(19)28-21/h4,7-11,25H,1,5-6H2,2-3H3. The van der Waals surface area contributed by atoms with Crippen LogP contribution in [0.15, 0.2) is 37.0 Å². The Bertz CT molecular complexity index is 1190. The smallest absolute Gasteiger partial charge is 0.232 e. The van der Waals surface area contributed by atoms with Gasteiger partial charge in [-0.15, -0.1) is 11.3 Å². The van der Waals surface area contributed by atoms with Crippen molar-refractivity contribution < 1.29 is 14.6 Å². The zero-order valence-electron chi connectivity index (χ0n) is 15.6. The van der Waals surface area contributed by atoms with E-state index < -0.39 is 0 Å². The van der Waals surface area contributed by atoms with E-state index in [4.69, 9.17) is 19.6 Å². The first-order chi connectivity index (χ1) is 13.6. The van der Waals surface area contributed by atoms with Crippen LogP contribution in [0.4, 0.5) is 0 Å². The first kappa shape index (κ1) is 18.3. The molecule has 7 heteroatoms. The second-order valence-corrected chi connectivity index (χ2v) is 7.26. The van der Waals surface area contributed by atoms with Crippen LogP contribution in [-0.2, 0) is 0 Å². The molecule has 0 saturated carbocycles. The molecule has 2 aromatic carbocycles. The summed E-state index contributed by atoms with van der Waals surface area (Å²) in [7, 11) is 1.57. The third kappa shape index (κ3) is 3.30. The number of thiazole rings is 1. The second kappa shape index (κ2) is 7.53. The van der Waals surface area contributed by atoms with Crippen molar-refractivity contribution in [2.24, 2.45) is 0 Å². The summed E-state index contributed by atoms with van der Waals surface area (Å²) in [5.41, 5.74) is 5.28. The van der Waals surface area contributed by atoms with Gasteiger partial charge in [-0.05, 0) is 42.3 Å². The van der Waals surface area contributed by atoms with Crippen LogP contribution in [0.5, 0.6) is 11.6 Å². The van der Waals surface area contributed by atoms with Crippen molar-refractivity contribution in [3.05, 3.63) is 48.2 Å². The van der Waals surface area contributed by atoms with Crippen LogP contribution in [0.3, 0.4) is 0 Å². The maximum absolute atomic E-state index is 8.99. The number of rotatable bonds is 6. The third-order valence-corrected chi connectivity index (χ3v) is 5.38. The molecule has 0 unspecified atom stereocenters. The lowest BCUT2D eigenvalue weighted by molar-refractivity contribution is 0.201. The van der Waals surface area contributed by atoms with Crippen molar-refractivity contribution in [3.63, 3.8) is 0 Å². The minimum Gasteiger partial charge on any atom is -0.491 e. The van der Waals surface area contributed by atoms with Crippen LogP contribution in [-0.4, -0.2) is 40.4 Å². The molecule has 28 heavy (non-hydrogen) atoms. The van der Waals surface area contributed by atoms with Crippen LogP contribution >= 0.6 is 11.3 Å². The topological polar surface area (TPSA) is 77.4 Å². The number of benzene rings is 2. The van der Waals surface area contributed by atoms with Crippen molar-refractivity contribution in [2.75, 3.05) is 20.3 Å². The van der Waals surface area contributed by atoms with E-state index in [0.717, 1.165) is 48.7 Å². The highest BCUT2D eigenvalue weighted by Crippen LogP contribution is 2.37. The van der Waals surface area contributed by atoms with Gasteiger partial charge in [-0.1, -0.05) is 12.7 Å². The SMILES string of the molecule is C=Cc1cc(-c2nc3c(C)cc(OCCO)cc3s2)c2ncc(OC)nc2c1. The molecule has 0 aliphatic carbocycles. The minimum atomic E-state index is -0.0203. The van der Waals surface area contributed by atoms with Crippen molar-refractivity contribution in [1.29, 1.82) is 0 Å². The average molecular weight is 393 g/mol. The maximum Gasteiger partial charge on any atom is 0.232 e. The number of aliphatic hydroxyl groups excluding tert-OH is 1. The van der Waals surface area contributed by atoms with E-state index in [1.54, 1.807) is 30.7 Å². The number of ether oxygens (including phenoxy) is 2. The van der Waals surface area contributed by atoms with Gasteiger partial charge in [0.05, 0.1) is 41.2 Å². The summed E-state index contributed by atoms with van der Waals surface area (Å²) in [5.74, 6) is 1.19. The number of aryl methyl sites for hydroxylation is 1. The average Bonchev–Trinajstić information content (AvgIpc) is 3.15. The zero-order valence-corrected chi connectivity index (χ0v) is 16.4. The summed E-state index contributed by atoms with van der Waals surface area (Å²) in [6, 6.07) is 7.84. The molecule has 2 aromatic heterocycles. The lowest BCUT2D eigenvalue weighted by Crippen LogP contribution is -2.01.